The third kappa shape index (κ3) is 4.52. The van der Waals surface area contributed by atoms with Crippen molar-refractivity contribution in [1.29, 1.82) is 0 Å². The number of anilines is 2. The number of piperazine rings is 1. The minimum Gasteiger partial charge on any atom is -0.323 e. The second kappa shape index (κ2) is 9.01. The van der Waals surface area contributed by atoms with E-state index in [1.165, 1.54) is 11.0 Å². The number of carbonyl (C=O) groups excluding carboxylic acids is 2. The molecule has 0 saturated carbocycles. The number of alkyl halides is 3. The van der Waals surface area contributed by atoms with E-state index in [2.05, 4.69) is 5.32 Å². The molecular formula is C22H23F3N4O4S. The first-order valence-corrected chi connectivity index (χ1v) is 12.0. The van der Waals surface area contributed by atoms with Crippen LogP contribution in [0.15, 0.2) is 53.4 Å². The van der Waals surface area contributed by atoms with Gasteiger partial charge in [0.25, 0.3) is 0 Å². The molecule has 2 amide bonds. The number of hydrogen-bond donors (Lipinski definition) is 1. The molecule has 2 heterocycles. The Balaban J connectivity index is 1.47. The van der Waals surface area contributed by atoms with Gasteiger partial charge in [-0.2, -0.15) is 17.5 Å². The highest BCUT2D eigenvalue weighted by molar-refractivity contribution is 7.89. The monoisotopic (exact) mass is 496 g/mol. The molecule has 1 N–H and O–H groups in total. The predicted octanol–water partition coefficient (Wildman–Crippen LogP) is 2.39. The van der Waals surface area contributed by atoms with Gasteiger partial charge in [0, 0.05) is 26.2 Å². The highest BCUT2D eigenvalue weighted by Gasteiger charge is 2.40. The molecule has 4 rings (SSSR count). The second-order valence-electron chi connectivity index (χ2n) is 8.10. The van der Waals surface area contributed by atoms with Crippen LogP contribution in [-0.2, 0) is 25.8 Å². The molecule has 2 aromatic carbocycles. The van der Waals surface area contributed by atoms with Crippen LogP contribution in [0.1, 0.15) is 12.5 Å². The summed E-state index contributed by atoms with van der Waals surface area (Å²) in [6, 6.07) is 10.4. The second-order valence-corrected chi connectivity index (χ2v) is 10.0. The first-order chi connectivity index (χ1) is 16.0. The van der Waals surface area contributed by atoms with E-state index in [1.807, 2.05) is 0 Å². The zero-order chi connectivity index (χ0) is 24.7. The summed E-state index contributed by atoms with van der Waals surface area (Å²) < 4.78 is 67.0. The van der Waals surface area contributed by atoms with Gasteiger partial charge in [-0.25, -0.2) is 8.42 Å². The van der Waals surface area contributed by atoms with E-state index < -0.39 is 32.7 Å². The van der Waals surface area contributed by atoms with E-state index in [9.17, 15) is 31.2 Å². The summed E-state index contributed by atoms with van der Waals surface area (Å²) in [6.45, 7) is 1.71. The van der Waals surface area contributed by atoms with Crippen LogP contribution >= 0.6 is 0 Å². The summed E-state index contributed by atoms with van der Waals surface area (Å²) in [5.41, 5.74) is -0.106. The van der Waals surface area contributed by atoms with Crippen molar-refractivity contribution in [2.75, 3.05) is 42.9 Å². The summed E-state index contributed by atoms with van der Waals surface area (Å²) in [5.74, 6) is -0.639. The number of amides is 2. The maximum Gasteiger partial charge on any atom is 0.417 e. The Kier molecular flexibility index (Phi) is 6.40. The van der Waals surface area contributed by atoms with Gasteiger partial charge in [0.05, 0.1) is 27.9 Å². The Morgan fingerprint density at radius 3 is 2.29 bits per heavy atom. The van der Waals surface area contributed by atoms with Gasteiger partial charge in [0.2, 0.25) is 21.8 Å². The van der Waals surface area contributed by atoms with Gasteiger partial charge in [0.15, 0.2) is 0 Å². The van der Waals surface area contributed by atoms with Gasteiger partial charge in [-0.05, 0) is 31.2 Å². The van der Waals surface area contributed by atoms with Crippen LogP contribution < -0.4 is 10.2 Å². The summed E-state index contributed by atoms with van der Waals surface area (Å²) in [7, 11) is -4.37. The van der Waals surface area contributed by atoms with Gasteiger partial charge in [-0.3, -0.25) is 19.4 Å². The third-order valence-electron chi connectivity index (χ3n) is 6.03. The number of halogens is 3. The fourth-order valence-electron chi connectivity index (χ4n) is 4.21. The van der Waals surface area contributed by atoms with E-state index in [-0.39, 0.29) is 44.5 Å². The molecule has 1 saturated heterocycles. The lowest BCUT2D eigenvalue weighted by molar-refractivity contribution is -0.140. The molecule has 34 heavy (non-hydrogen) atoms. The van der Waals surface area contributed by atoms with Crippen molar-refractivity contribution in [2.24, 2.45) is 0 Å². The van der Waals surface area contributed by atoms with Crippen LogP contribution in [0.5, 0.6) is 0 Å². The van der Waals surface area contributed by atoms with E-state index >= 15 is 0 Å². The maximum absolute atomic E-state index is 13.4. The normalized spacial score (nSPS) is 18.8. The smallest absolute Gasteiger partial charge is 0.323 e. The zero-order valence-corrected chi connectivity index (χ0v) is 19.1. The molecule has 12 heteroatoms. The molecule has 2 aliphatic heterocycles. The quantitative estimate of drug-likeness (QED) is 0.702. The molecule has 0 spiro atoms. The van der Waals surface area contributed by atoms with Gasteiger partial charge in [-0.1, -0.05) is 24.3 Å². The Hall–Kier alpha value is -2.96. The molecule has 0 radical (unpaired) electrons. The lowest BCUT2D eigenvalue weighted by Gasteiger charge is -2.39. The molecule has 2 aromatic rings. The number of nitrogens with one attached hydrogen (secondary N) is 1. The maximum atomic E-state index is 13.4. The van der Waals surface area contributed by atoms with E-state index in [0.29, 0.717) is 11.4 Å². The number of benzene rings is 2. The standard InChI is InChI=1S/C22H23F3N4O4S/c1-15(21(31)29-14-20(30)26-17-7-3-4-8-18(17)29)27-10-12-28(13-11-27)34(32,33)19-9-5-2-6-16(19)22(23,24)25/h2-9,15H,10-14H2,1H3,(H,26,30). The minimum absolute atomic E-state index is 0.0663. The first kappa shape index (κ1) is 24.2. The summed E-state index contributed by atoms with van der Waals surface area (Å²) in [4.78, 5) is 27.6. The number of nitrogens with zero attached hydrogens (tertiary/aromatic N) is 3. The number of carbonyl (C=O) groups is 2. The number of fused-ring (bicyclic) bond motifs is 1. The lowest BCUT2D eigenvalue weighted by atomic mass is 10.1. The van der Waals surface area contributed by atoms with Crippen molar-refractivity contribution < 1.29 is 31.2 Å². The molecule has 0 aromatic heterocycles. The number of rotatable bonds is 4. The Morgan fingerprint density at radius 1 is 1.00 bits per heavy atom. The number of hydrogen-bond acceptors (Lipinski definition) is 5. The largest absolute Gasteiger partial charge is 0.417 e. The van der Waals surface area contributed by atoms with E-state index in [4.69, 9.17) is 0 Å². The van der Waals surface area contributed by atoms with Gasteiger partial charge >= 0.3 is 6.18 Å². The molecule has 0 aliphatic carbocycles. The van der Waals surface area contributed by atoms with Crippen LogP contribution in [0.2, 0.25) is 0 Å². The van der Waals surface area contributed by atoms with E-state index in [0.717, 1.165) is 22.5 Å². The third-order valence-corrected chi connectivity index (χ3v) is 7.98. The molecule has 8 nitrogen and oxygen atoms in total. The van der Waals surface area contributed by atoms with Crippen molar-refractivity contribution in [1.82, 2.24) is 9.21 Å². The molecule has 1 fully saturated rings. The van der Waals surface area contributed by atoms with Gasteiger partial charge < -0.3 is 5.32 Å². The first-order valence-electron chi connectivity index (χ1n) is 10.6. The predicted molar refractivity (Wildman–Crippen MR) is 119 cm³/mol. The molecule has 2 aliphatic rings. The van der Waals surface area contributed by atoms with Crippen LogP contribution in [-0.4, -0.2) is 68.2 Å². The molecule has 1 unspecified atom stereocenters. The number of sulfonamides is 1. The van der Waals surface area contributed by atoms with Crippen molar-refractivity contribution in [3.05, 3.63) is 54.1 Å². The zero-order valence-electron chi connectivity index (χ0n) is 18.2. The average molecular weight is 497 g/mol. The highest BCUT2D eigenvalue weighted by atomic mass is 32.2. The highest BCUT2D eigenvalue weighted by Crippen LogP contribution is 2.35. The molecule has 1 atom stereocenters. The SMILES string of the molecule is CC(C(=O)N1CC(=O)Nc2ccccc21)N1CCN(S(=O)(=O)c2ccccc2C(F)(F)F)CC1. The van der Waals surface area contributed by atoms with Crippen LogP contribution in [0, 0.1) is 0 Å². The Labute approximate surface area is 195 Å². The average Bonchev–Trinajstić information content (AvgIpc) is 2.82. The van der Waals surface area contributed by atoms with Crippen LogP contribution in [0.25, 0.3) is 0 Å². The fraction of sp³-hybridized carbons (Fsp3) is 0.364. The molecule has 182 valence electrons. The topological polar surface area (TPSA) is 90.0 Å². The van der Waals surface area contributed by atoms with Crippen LogP contribution in [0.4, 0.5) is 24.5 Å². The van der Waals surface area contributed by atoms with E-state index in [1.54, 1.807) is 36.1 Å². The van der Waals surface area contributed by atoms with Crippen molar-refractivity contribution in [3.63, 3.8) is 0 Å². The number of para-hydroxylation sites is 2. The molecule has 0 bridgehead atoms. The Bertz CT molecular complexity index is 1210. The van der Waals surface area contributed by atoms with Gasteiger partial charge in [0.1, 0.15) is 6.54 Å². The molecular weight excluding hydrogens is 473 g/mol. The fourth-order valence-corrected chi connectivity index (χ4v) is 5.84. The summed E-state index contributed by atoms with van der Waals surface area (Å²) >= 11 is 0. The van der Waals surface area contributed by atoms with Crippen molar-refractivity contribution in [2.45, 2.75) is 24.0 Å². The van der Waals surface area contributed by atoms with Gasteiger partial charge in [-0.15, -0.1) is 0 Å². The van der Waals surface area contributed by atoms with Crippen molar-refractivity contribution >= 4 is 33.2 Å². The Morgan fingerprint density at radius 2 is 1.62 bits per heavy atom. The summed E-state index contributed by atoms with van der Waals surface area (Å²) in [6.07, 6.45) is -4.80. The van der Waals surface area contributed by atoms with Crippen LogP contribution in [0.3, 0.4) is 0 Å². The lowest BCUT2D eigenvalue weighted by Crippen LogP contribution is -2.56. The van der Waals surface area contributed by atoms with Crippen molar-refractivity contribution in [3.8, 4) is 0 Å². The minimum atomic E-state index is -4.80. The summed E-state index contributed by atoms with van der Waals surface area (Å²) in [5, 5.41) is 2.72.